The van der Waals surface area contributed by atoms with Crippen LogP contribution in [0.15, 0.2) is 53.5 Å². The third-order valence-electron chi connectivity index (χ3n) is 4.34. The zero-order valence-electron chi connectivity index (χ0n) is 14.1. The lowest BCUT2D eigenvalue weighted by molar-refractivity contribution is 0.0995. The van der Waals surface area contributed by atoms with E-state index in [4.69, 9.17) is 4.99 Å². The van der Waals surface area contributed by atoms with E-state index >= 15 is 0 Å². The normalized spacial score (nSPS) is 14.9. The van der Waals surface area contributed by atoms with Crippen molar-refractivity contribution in [2.45, 2.75) is 24.9 Å². The van der Waals surface area contributed by atoms with Crippen LogP contribution in [0.4, 0.5) is 5.69 Å². The number of aromatic amines is 1. The Hall–Kier alpha value is -1.98. The summed E-state index contributed by atoms with van der Waals surface area (Å²) in [6.45, 7) is 3.94. The molecule has 4 rings (SSSR count). The van der Waals surface area contributed by atoms with Crippen LogP contribution >= 0.6 is 23.5 Å². The molecule has 3 aromatic rings. The maximum atomic E-state index is 13.1. The second kappa shape index (κ2) is 6.73. The Morgan fingerprint density at radius 2 is 1.96 bits per heavy atom. The monoisotopic (exact) mass is 366 g/mol. The van der Waals surface area contributed by atoms with Gasteiger partial charge in [0.25, 0.3) is 0 Å². The first-order valence-electron chi connectivity index (χ1n) is 8.21. The summed E-state index contributed by atoms with van der Waals surface area (Å²) >= 11 is 3.27. The molecule has 2 heterocycles. The number of rotatable bonds is 3. The Bertz CT molecular complexity index is 990. The smallest absolute Gasteiger partial charge is 0.178 e. The molecule has 2 aromatic carbocycles. The fourth-order valence-corrected chi connectivity index (χ4v) is 5.32. The van der Waals surface area contributed by atoms with Crippen LogP contribution in [0.2, 0.25) is 0 Å². The summed E-state index contributed by atoms with van der Waals surface area (Å²) < 4.78 is 0.969. The van der Waals surface area contributed by atoms with Crippen LogP contribution in [-0.2, 0) is 5.75 Å². The van der Waals surface area contributed by atoms with Gasteiger partial charge < -0.3 is 4.98 Å². The average molecular weight is 367 g/mol. The minimum absolute atomic E-state index is 0.155. The second-order valence-corrected chi connectivity index (χ2v) is 8.64. The highest BCUT2D eigenvalue weighted by atomic mass is 32.2. The van der Waals surface area contributed by atoms with Gasteiger partial charge in [-0.05, 0) is 31.5 Å². The van der Waals surface area contributed by atoms with Crippen LogP contribution in [0.5, 0.6) is 0 Å². The molecule has 0 aliphatic carbocycles. The van der Waals surface area contributed by atoms with Crippen LogP contribution in [0.25, 0.3) is 10.9 Å². The number of Topliss-reactive ketones (excluding diaryl/α,β-unsaturated/α-hetero) is 1. The number of hydrogen-bond donors (Lipinski definition) is 1. The standard InChI is InChI=1S/C20H18N2OS2/c1-12-18(15-8-4-6-10-17(15)21-12)19(23)13(2)25-20-22-16-9-5-3-7-14(16)11-24-20/h3-10,13,21H,11H2,1-2H3/t13-/m1/s1. The van der Waals surface area contributed by atoms with Gasteiger partial charge in [-0.15, -0.1) is 0 Å². The lowest BCUT2D eigenvalue weighted by atomic mass is 10.1. The number of carbonyl (C=O) groups excluding carboxylic acids is 1. The molecule has 0 spiro atoms. The molecule has 1 atom stereocenters. The van der Waals surface area contributed by atoms with Gasteiger partial charge in [0, 0.05) is 27.9 Å². The Morgan fingerprint density at radius 3 is 2.84 bits per heavy atom. The molecule has 0 unspecified atom stereocenters. The molecule has 3 nitrogen and oxygen atoms in total. The summed E-state index contributed by atoms with van der Waals surface area (Å²) in [5.41, 5.74) is 5.02. The van der Waals surface area contributed by atoms with E-state index in [1.54, 1.807) is 23.5 Å². The van der Waals surface area contributed by atoms with Gasteiger partial charge in [-0.3, -0.25) is 4.79 Å². The molecule has 0 saturated carbocycles. The number of hydrogen-bond acceptors (Lipinski definition) is 4. The van der Waals surface area contributed by atoms with Gasteiger partial charge in [0.1, 0.15) is 4.38 Å². The highest BCUT2D eigenvalue weighted by molar-refractivity contribution is 8.39. The first kappa shape index (κ1) is 16.5. The SMILES string of the molecule is Cc1[nH]c2ccccc2c1C(=O)[C@@H](C)SC1=Nc2ccccc2CS1. The number of fused-ring (bicyclic) bond motifs is 2. The van der Waals surface area contributed by atoms with Gasteiger partial charge >= 0.3 is 0 Å². The third-order valence-corrected chi connectivity index (χ3v) is 6.64. The first-order chi connectivity index (χ1) is 12.1. The van der Waals surface area contributed by atoms with Gasteiger partial charge in [0.05, 0.1) is 10.9 Å². The lowest BCUT2D eigenvalue weighted by Crippen LogP contribution is -2.16. The van der Waals surface area contributed by atoms with Crippen molar-refractivity contribution in [2.24, 2.45) is 4.99 Å². The molecule has 1 N–H and O–H groups in total. The Morgan fingerprint density at radius 1 is 1.20 bits per heavy atom. The van der Waals surface area contributed by atoms with Crippen molar-refractivity contribution >= 4 is 50.3 Å². The Balaban J connectivity index is 1.59. The number of aryl methyl sites for hydroxylation is 1. The molecule has 0 saturated heterocycles. The molecule has 0 amide bonds. The van der Waals surface area contributed by atoms with Crippen LogP contribution in [-0.4, -0.2) is 20.4 Å². The van der Waals surface area contributed by atoms with Crippen molar-refractivity contribution in [1.82, 2.24) is 4.98 Å². The quantitative estimate of drug-likeness (QED) is 0.603. The van der Waals surface area contributed by atoms with Crippen LogP contribution in [0, 0.1) is 6.92 Å². The summed E-state index contributed by atoms with van der Waals surface area (Å²) in [6.07, 6.45) is 0. The molecule has 126 valence electrons. The molecule has 0 bridgehead atoms. The summed E-state index contributed by atoms with van der Waals surface area (Å²) in [5.74, 6) is 1.07. The zero-order valence-corrected chi connectivity index (χ0v) is 15.7. The predicted molar refractivity (Wildman–Crippen MR) is 109 cm³/mol. The molecule has 5 heteroatoms. The van der Waals surface area contributed by atoms with E-state index in [1.165, 1.54) is 5.56 Å². The number of nitrogens with zero attached hydrogens (tertiary/aromatic N) is 1. The molecule has 25 heavy (non-hydrogen) atoms. The minimum Gasteiger partial charge on any atom is -0.358 e. The molecule has 0 radical (unpaired) electrons. The fraction of sp³-hybridized carbons (Fsp3) is 0.200. The van der Waals surface area contributed by atoms with Crippen molar-refractivity contribution in [1.29, 1.82) is 0 Å². The van der Waals surface area contributed by atoms with E-state index in [-0.39, 0.29) is 11.0 Å². The van der Waals surface area contributed by atoms with Crippen molar-refractivity contribution in [3.63, 3.8) is 0 Å². The van der Waals surface area contributed by atoms with Crippen molar-refractivity contribution in [3.05, 3.63) is 65.4 Å². The molecular formula is C20H18N2OS2. The number of thioether (sulfide) groups is 2. The summed E-state index contributed by atoms with van der Waals surface area (Å²) in [7, 11) is 0. The number of benzene rings is 2. The maximum absolute atomic E-state index is 13.1. The highest BCUT2D eigenvalue weighted by Gasteiger charge is 2.24. The summed E-state index contributed by atoms with van der Waals surface area (Å²) in [5, 5.41) is 0.829. The topological polar surface area (TPSA) is 45.2 Å². The third kappa shape index (κ3) is 3.14. The van der Waals surface area contributed by atoms with Gasteiger partial charge in [0.15, 0.2) is 5.78 Å². The van der Waals surface area contributed by atoms with E-state index in [0.717, 1.165) is 38.0 Å². The molecular weight excluding hydrogens is 348 g/mol. The zero-order chi connectivity index (χ0) is 17.4. The number of nitrogens with one attached hydrogen (secondary N) is 1. The molecule has 1 aliphatic rings. The van der Waals surface area contributed by atoms with Gasteiger partial charge in [-0.1, -0.05) is 59.9 Å². The maximum Gasteiger partial charge on any atom is 0.178 e. The molecule has 1 aromatic heterocycles. The van der Waals surface area contributed by atoms with Crippen molar-refractivity contribution in [2.75, 3.05) is 0 Å². The van der Waals surface area contributed by atoms with Crippen molar-refractivity contribution in [3.8, 4) is 0 Å². The Kier molecular flexibility index (Phi) is 4.44. The average Bonchev–Trinajstić information content (AvgIpc) is 2.96. The fourth-order valence-electron chi connectivity index (χ4n) is 3.07. The van der Waals surface area contributed by atoms with Crippen LogP contribution in [0.3, 0.4) is 0 Å². The first-order valence-corrected chi connectivity index (χ1v) is 10.1. The molecule has 0 fully saturated rings. The number of carbonyl (C=O) groups is 1. The Labute approximate surface area is 155 Å². The summed E-state index contributed by atoms with van der Waals surface area (Å²) in [4.78, 5) is 21.1. The van der Waals surface area contributed by atoms with E-state index in [0.29, 0.717) is 0 Å². The predicted octanol–water partition coefficient (Wildman–Crippen LogP) is 5.72. The minimum atomic E-state index is -0.172. The number of para-hydroxylation sites is 2. The van der Waals surface area contributed by atoms with Gasteiger partial charge in [0.2, 0.25) is 0 Å². The van der Waals surface area contributed by atoms with E-state index in [1.807, 2.05) is 56.3 Å². The van der Waals surface area contributed by atoms with Gasteiger partial charge in [-0.25, -0.2) is 4.99 Å². The second-order valence-electron chi connectivity index (χ2n) is 6.09. The van der Waals surface area contributed by atoms with Crippen LogP contribution < -0.4 is 0 Å². The number of H-pyrrole nitrogens is 1. The number of aliphatic imine (C=N–C) groups is 1. The highest BCUT2D eigenvalue weighted by Crippen LogP contribution is 2.37. The number of aromatic nitrogens is 1. The lowest BCUT2D eigenvalue weighted by Gasteiger charge is -2.17. The molecule has 1 aliphatic heterocycles. The van der Waals surface area contributed by atoms with E-state index in [2.05, 4.69) is 11.1 Å². The number of ketones is 1. The van der Waals surface area contributed by atoms with E-state index < -0.39 is 0 Å². The summed E-state index contributed by atoms with van der Waals surface area (Å²) in [6, 6.07) is 16.2. The van der Waals surface area contributed by atoms with E-state index in [9.17, 15) is 4.79 Å². The largest absolute Gasteiger partial charge is 0.358 e. The van der Waals surface area contributed by atoms with Gasteiger partial charge in [-0.2, -0.15) is 0 Å². The van der Waals surface area contributed by atoms with Crippen molar-refractivity contribution < 1.29 is 4.79 Å². The van der Waals surface area contributed by atoms with Crippen LogP contribution in [0.1, 0.15) is 28.5 Å².